The van der Waals surface area contributed by atoms with Crippen molar-refractivity contribution in [1.29, 1.82) is 0 Å². The number of hydrogen-bond donors (Lipinski definition) is 1. The molecule has 0 unspecified atom stereocenters. The summed E-state index contributed by atoms with van der Waals surface area (Å²) in [6, 6.07) is 9.54. The molecule has 0 bridgehead atoms. The molecule has 2 N–H and O–H groups in total. The number of rotatable bonds is 6. The van der Waals surface area contributed by atoms with E-state index in [1.807, 2.05) is 30.3 Å². The van der Waals surface area contributed by atoms with Crippen molar-refractivity contribution in [3.63, 3.8) is 0 Å². The van der Waals surface area contributed by atoms with Crippen molar-refractivity contribution < 1.29 is 4.79 Å². The number of nitrogens with two attached hydrogens (primary N) is 1. The van der Waals surface area contributed by atoms with E-state index in [0.29, 0.717) is 13.0 Å². The van der Waals surface area contributed by atoms with E-state index >= 15 is 0 Å². The number of carbonyl (C=O) groups excluding carboxylic acids is 1. The molecule has 0 aliphatic carbocycles. The monoisotopic (exact) mass is 206 g/mol. The van der Waals surface area contributed by atoms with Gasteiger partial charge in [0.05, 0.1) is 12.2 Å². The van der Waals surface area contributed by atoms with E-state index in [2.05, 4.69) is 6.92 Å². The zero-order valence-corrected chi connectivity index (χ0v) is 9.15. The highest BCUT2D eigenvalue weighted by molar-refractivity contribution is 5.83. The smallest absolute Gasteiger partial charge is 0.153 e. The van der Waals surface area contributed by atoms with E-state index in [1.165, 1.54) is 5.01 Å². The highest BCUT2D eigenvalue weighted by atomic mass is 16.1. The standard InChI is InChI=1S/C12H18N2O/c1-2-3-9-12(15)10-14(13)11-7-5-4-6-8-11/h4-8H,2-3,9-10,13H2,1H3. The lowest BCUT2D eigenvalue weighted by Gasteiger charge is -2.17. The molecule has 3 nitrogen and oxygen atoms in total. The van der Waals surface area contributed by atoms with Crippen molar-refractivity contribution in [3.8, 4) is 0 Å². The van der Waals surface area contributed by atoms with E-state index < -0.39 is 0 Å². The highest BCUT2D eigenvalue weighted by Gasteiger charge is 2.06. The first kappa shape index (κ1) is 11.7. The van der Waals surface area contributed by atoms with Crippen LogP contribution < -0.4 is 10.9 Å². The van der Waals surface area contributed by atoms with Crippen molar-refractivity contribution in [3.05, 3.63) is 30.3 Å². The third kappa shape index (κ3) is 4.13. The molecule has 1 rings (SSSR count). The van der Waals surface area contributed by atoms with E-state index in [4.69, 9.17) is 5.84 Å². The lowest BCUT2D eigenvalue weighted by atomic mass is 10.2. The first-order valence-corrected chi connectivity index (χ1v) is 5.33. The van der Waals surface area contributed by atoms with Gasteiger partial charge in [-0.25, -0.2) is 5.84 Å². The zero-order chi connectivity index (χ0) is 11.1. The summed E-state index contributed by atoms with van der Waals surface area (Å²) < 4.78 is 0. The molecule has 0 fully saturated rings. The van der Waals surface area contributed by atoms with Gasteiger partial charge in [0.1, 0.15) is 0 Å². The Hall–Kier alpha value is -1.35. The normalized spacial score (nSPS) is 10.0. The summed E-state index contributed by atoms with van der Waals surface area (Å²) in [7, 11) is 0. The molecule has 0 aliphatic heterocycles. The van der Waals surface area contributed by atoms with Crippen molar-refractivity contribution >= 4 is 11.5 Å². The molecule has 0 radical (unpaired) electrons. The molecular weight excluding hydrogens is 188 g/mol. The Morgan fingerprint density at radius 2 is 2.00 bits per heavy atom. The van der Waals surface area contributed by atoms with Gasteiger partial charge in [0.25, 0.3) is 0 Å². The summed E-state index contributed by atoms with van der Waals surface area (Å²) in [5.74, 6) is 5.98. The fourth-order valence-corrected chi connectivity index (χ4v) is 1.35. The molecule has 0 spiro atoms. The minimum Gasteiger partial charge on any atom is -0.304 e. The molecule has 1 aromatic carbocycles. The highest BCUT2D eigenvalue weighted by Crippen LogP contribution is 2.09. The SMILES string of the molecule is CCCCC(=O)CN(N)c1ccccc1. The van der Waals surface area contributed by atoms with Gasteiger partial charge in [0.15, 0.2) is 5.78 Å². The molecule has 0 atom stereocenters. The van der Waals surface area contributed by atoms with Gasteiger partial charge >= 0.3 is 0 Å². The van der Waals surface area contributed by atoms with Crippen LogP contribution in [0.2, 0.25) is 0 Å². The summed E-state index contributed by atoms with van der Waals surface area (Å²) in [6.07, 6.45) is 2.61. The van der Waals surface area contributed by atoms with Crippen LogP contribution in [-0.2, 0) is 4.79 Å². The van der Waals surface area contributed by atoms with Crippen LogP contribution in [0.15, 0.2) is 30.3 Å². The Bertz CT molecular complexity index is 298. The van der Waals surface area contributed by atoms with Gasteiger partial charge in [-0.1, -0.05) is 31.5 Å². The second kappa shape index (κ2) is 6.19. The van der Waals surface area contributed by atoms with Crippen LogP contribution in [0.1, 0.15) is 26.2 Å². The topological polar surface area (TPSA) is 46.3 Å². The first-order chi connectivity index (χ1) is 7.24. The summed E-state index contributed by atoms with van der Waals surface area (Å²) in [4.78, 5) is 11.5. The second-order valence-electron chi connectivity index (χ2n) is 3.61. The maximum atomic E-state index is 11.5. The molecule has 0 aliphatic rings. The lowest BCUT2D eigenvalue weighted by molar-refractivity contribution is -0.117. The van der Waals surface area contributed by atoms with Gasteiger partial charge in [0, 0.05) is 6.42 Å². The number of ketones is 1. The maximum absolute atomic E-state index is 11.5. The number of Topliss-reactive ketones (excluding diaryl/α,β-unsaturated/α-hetero) is 1. The van der Waals surface area contributed by atoms with Crippen LogP contribution >= 0.6 is 0 Å². The van der Waals surface area contributed by atoms with Gasteiger partial charge < -0.3 is 5.01 Å². The van der Waals surface area contributed by atoms with Crippen molar-refractivity contribution in [1.82, 2.24) is 0 Å². The van der Waals surface area contributed by atoms with Crippen LogP contribution in [0.4, 0.5) is 5.69 Å². The molecule has 15 heavy (non-hydrogen) atoms. The van der Waals surface area contributed by atoms with Crippen LogP contribution in [0.3, 0.4) is 0 Å². The van der Waals surface area contributed by atoms with E-state index in [9.17, 15) is 4.79 Å². The van der Waals surface area contributed by atoms with Crippen LogP contribution in [0.25, 0.3) is 0 Å². The van der Waals surface area contributed by atoms with E-state index in [-0.39, 0.29) is 5.78 Å². The number of benzene rings is 1. The van der Waals surface area contributed by atoms with Gasteiger partial charge in [-0.15, -0.1) is 0 Å². The van der Waals surface area contributed by atoms with Gasteiger partial charge in [-0.2, -0.15) is 0 Å². The summed E-state index contributed by atoms with van der Waals surface area (Å²) >= 11 is 0. The van der Waals surface area contributed by atoms with Gasteiger partial charge in [-0.3, -0.25) is 4.79 Å². The third-order valence-electron chi connectivity index (χ3n) is 2.24. The van der Waals surface area contributed by atoms with Crippen molar-refractivity contribution in [2.75, 3.05) is 11.6 Å². The van der Waals surface area contributed by atoms with Crippen LogP contribution in [0, 0.1) is 0 Å². The number of hydrazine groups is 1. The quantitative estimate of drug-likeness (QED) is 0.573. The summed E-state index contributed by atoms with van der Waals surface area (Å²) in [6.45, 7) is 2.37. The molecule has 0 saturated heterocycles. The Morgan fingerprint density at radius 1 is 1.33 bits per heavy atom. The number of anilines is 1. The minimum atomic E-state index is 0.197. The number of carbonyl (C=O) groups is 1. The Balaban J connectivity index is 2.42. The third-order valence-corrected chi connectivity index (χ3v) is 2.24. The number of nitrogens with zero attached hydrogens (tertiary/aromatic N) is 1. The average Bonchev–Trinajstić information content (AvgIpc) is 2.27. The van der Waals surface area contributed by atoms with E-state index in [0.717, 1.165) is 18.5 Å². The Morgan fingerprint density at radius 3 is 2.60 bits per heavy atom. The molecule has 82 valence electrons. The van der Waals surface area contributed by atoms with Crippen LogP contribution in [-0.4, -0.2) is 12.3 Å². The van der Waals surface area contributed by atoms with Crippen molar-refractivity contribution in [2.45, 2.75) is 26.2 Å². The maximum Gasteiger partial charge on any atom is 0.153 e. The number of para-hydroxylation sites is 1. The fourth-order valence-electron chi connectivity index (χ4n) is 1.35. The fraction of sp³-hybridized carbons (Fsp3) is 0.417. The molecule has 1 aromatic rings. The number of hydrogen-bond acceptors (Lipinski definition) is 3. The first-order valence-electron chi connectivity index (χ1n) is 5.33. The minimum absolute atomic E-state index is 0.197. The largest absolute Gasteiger partial charge is 0.304 e. The summed E-state index contributed by atoms with van der Waals surface area (Å²) in [5.41, 5.74) is 0.877. The molecule has 0 aromatic heterocycles. The van der Waals surface area contributed by atoms with Crippen LogP contribution in [0.5, 0.6) is 0 Å². The van der Waals surface area contributed by atoms with Crippen molar-refractivity contribution in [2.24, 2.45) is 5.84 Å². The predicted octanol–water partition coefficient (Wildman–Crippen LogP) is 2.13. The Kier molecular flexibility index (Phi) is 4.84. The molecule has 0 amide bonds. The average molecular weight is 206 g/mol. The molecule has 0 heterocycles. The molecule has 3 heteroatoms. The van der Waals surface area contributed by atoms with E-state index in [1.54, 1.807) is 0 Å². The zero-order valence-electron chi connectivity index (χ0n) is 9.15. The molecule has 0 saturated carbocycles. The van der Waals surface area contributed by atoms with Gasteiger partial charge in [-0.05, 0) is 18.6 Å². The predicted molar refractivity (Wildman–Crippen MR) is 62.5 cm³/mol. The lowest BCUT2D eigenvalue weighted by Crippen LogP contribution is -2.35. The summed E-state index contributed by atoms with van der Waals surface area (Å²) in [5, 5.41) is 1.50. The molecular formula is C12H18N2O. The number of unbranched alkanes of at least 4 members (excludes halogenated alkanes) is 1. The second-order valence-corrected chi connectivity index (χ2v) is 3.61. The van der Waals surface area contributed by atoms with Gasteiger partial charge in [0.2, 0.25) is 0 Å². The Labute approximate surface area is 90.9 Å².